The minimum Gasteiger partial charge on any atom is -0.507 e. The molecule has 4 nitrogen and oxygen atoms in total. The van der Waals surface area contributed by atoms with Gasteiger partial charge in [0.15, 0.2) is 0 Å². The number of nitrogens with one attached hydrogen (secondary N) is 1. The molecule has 0 aliphatic rings. The molecule has 3 rings (SSSR count). The summed E-state index contributed by atoms with van der Waals surface area (Å²) in [5.74, 6) is 0.344. The molecule has 1 atom stereocenters. The van der Waals surface area contributed by atoms with Gasteiger partial charge in [0, 0.05) is 23.7 Å². The van der Waals surface area contributed by atoms with Crippen LogP contribution in [0.1, 0.15) is 25.5 Å². The van der Waals surface area contributed by atoms with Crippen molar-refractivity contribution in [2.24, 2.45) is 0 Å². The van der Waals surface area contributed by atoms with E-state index in [0.717, 1.165) is 28.6 Å². The minimum absolute atomic E-state index is 0.00381. The van der Waals surface area contributed by atoms with Gasteiger partial charge in [-0.2, -0.15) is 5.10 Å². The van der Waals surface area contributed by atoms with E-state index in [2.05, 4.69) is 17.3 Å². The van der Waals surface area contributed by atoms with Crippen molar-refractivity contribution < 1.29 is 5.11 Å². The summed E-state index contributed by atoms with van der Waals surface area (Å²) in [6.45, 7) is 4.93. The second-order valence-electron chi connectivity index (χ2n) is 5.18. The lowest BCUT2D eigenvalue weighted by atomic mass is 10.0. The van der Waals surface area contributed by atoms with Gasteiger partial charge in [-0.1, -0.05) is 36.4 Å². The number of aryl methyl sites for hydroxylation is 1. The molecule has 0 amide bonds. The van der Waals surface area contributed by atoms with Gasteiger partial charge < -0.3 is 10.4 Å². The van der Waals surface area contributed by atoms with E-state index in [1.807, 2.05) is 54.2 Å². The number of hydrogen-bond donors (Lipinski definition) is 2. The number of rotatable bonds is 4. The Morgan fingerprint density at radius 1 is 1.24 bits per heavy atom. The lowest BCUT2D eigenvalue weighted by molar-refractivity contribution is 0.472. The molecule has 0 fully saturated rings. The molecule has 4 heteroatoms. The Hall–Kier alpha value is -2.49. The Morgan fingerprint density at radius 3 is 2.81 bits per heavy atom. The fraction of sp³-hybridized carbons (Fsp3) is 0.235. The van der Waals surface area contributed by atoms with Crippen molar-refractivity contribution in [1.82, 2.24) is 9.78 Å². The highest BCUT2D eigenvalue weighted by molar-refractivity contribution is 5.89. The number of phenolic OH excluding ortho intramolecular Hbond substituents is 1. The van der Waals surface area contributed by atoms with Gasteiger partial charge in [-0.05, 0) is 19.2 Å². The maximum atomic E-state index is 10.5. The third kappa shape index (κ3) is 2.57. The monoisotopic (exact) mass is 281 g/mol. The van der Waals surface area contributed by atoms with E-state index in [9.17, 15) is 5.11 Å². The van der Waals surface area contributed by atoms with E-state index in [1.54, 1.807) is 6.20 Å². The predicted octanol–water partition coefficient (Wildman–Crippen LogP) is 3.93. The van der Waals surface area contributed by atoms with Crippen LogP contribution in [0.5, 0.6) is 5.75 Å². The smallest absolute Gasteiger partial charge is 0.128 e. The molecule has 2 N–H and O–H groups in total. The molecule has 0 radical (unpaired) electrons. The number of hydrogen-bond acceptors (Lipinski definition) is 3. The van der Waals surface area contributed by atoms with E-state index in [4.69, 9.17) is 0 Å². The van der Waals surface area contributed by atoms with Gasteiger partial charge in [0.1, 0.15) is 5.75 Å². The molecule has 3 aromatic rings. The number of phenols is 1. The summed E-state index contributed by atoms with van der Waals surface area (Å²) in [6.07, 6.45) is 3.77. The summed E-state index contributed by atoms with van der Waals surface area (Å²) in [5, 5.41) is 20.0. The molecule has 0 spiro atoms. The molecule has 1 unspecified atom stereocenters. The number of aromatic hydroxyl groups is 1. The van der Waals surface area contributed by atoms with Gasteiger partial charge in [0.2, 0.25) is 0 Å². The Labute approximate surface area is 124 Å². The zero-order chi connectivity index (χ0) is 14.8. The van der Waals surface area contributed by atoms with Crippen LogP contribution in [0.15, 0.2) is 48.8 Å². The van der Waals surface area contributed by atoms with Crippen molar-refractivity contribution in [2.75, 3.05) is 5.32 Å². The van der Waals surface area contributed by atoms with E-state index in [0.29, 0.717) is 5.75 Å². The first-order chi connectivity index (χ1) is 10.2. The number of benzene rings is 2. The van der Waals surface area contributed by atoms with Crippen LogP contribution < -0.4 is 5.32 Å². The molecule has 0 saturated carbocycles. The summed E-state index contributed by atoms with van der Waals surface area (Å²) in [4.78, 5) is 0. The molecule has 0 bridgehead atoms. The SMILES string of the molecule is CCn1cc(NC(C)c2ccc3ccccc3c2O)cn1. The largest absolute Gasteiger partial charge is 0.507 e. The maximum absolute atomic E-state index is 10.5. The highest BCUT2D eigenvalue weighted by atomic mass is 16.3. The fourth-order valence-electron chi connectivity index (χ4n) is 2.56. The zero-order valence-corrected chi connectivity index (χ0v) is 12.2. The van der Waals surface area contributed by atoms with Gasteiger partial charge in [0.05, 0.1) is 17.9 Å². The first kappa shape index (κ1) is 13.5. The maximum Gasteiger partial charge on any atom is 0.128 e. The van der Waals surface area contributed by atoms with Crippen LogP contribution in [0.3, 0.4) is 0 Å². The van der Waals surface area contributed by atoms with Crippen LogP contribution in [-0.4, -0.2) is 14.9 Å². The second kappa shape index (κ2) is 5.48. The molecule has 0 aliphatic carbocycles. The van der Waals surface area contributed by atoms with Crippen molar-refractivity contribution >= 4 is 16.5 Å². The van der Waals surface area contributed by atoms with Gasteiger partial charge in [-0.25, -0.2) is 0 Å². The van der Waals surface area contributed by atoms with E-state index in [1.165, 1.54) is 0 Å². The van der Waals surface area contributed by atoms with Gasteiger partial charge in [-0.3, -0.25) is 4.68 Å². The highest BCUT2D eigenvalue weighted by Gasteiger charge is 2.13. The molecule has 0 saturated heterocycles. The Bertz CT molecular complexity index is 764. The average Bonchev–Trinajstić information content (AvgIpc) is 2.95. The standard InChI is InChI=1S/C17H19N3O/c1-3-20-11-14(10-18-20)19-12(2)15-9-8-13-6-4-5-7-16(13)17(15)21/h4-12,19,21H,3H2,1-2H3. The predicted molar refractivity (Wildman–Crippen MR) is 85.6 cm³/mol. The zero-order valence-electron chi connectivity index (χ0n) is 12.2. The summed E-state index contributed by atoms with van der Waals surface area (Å²) in [5.41, 5.74) is 1.84. The number of nitrogens with zero attached hydrogens (tertiary/aromatic N) is 2. The Balaban J connectivity index is 1.90. The summed E-state index contributed by atoms with van der Waals surface area (Å²) in [6, 6.07) is 11.9. The minimum atomic E-state index is 0.00381. The van der Waals surface area contributed by atoms with Crippen LogP contribution >= 0.6 is 0 Å². The summed E-state index contributed by atoms with van der Waals surface area (Å²) >= 11 is 0. The molecule has 1 heterocycles. The van der Waals surface area contributed by atoms with Crippen LogP contribution in [0.4, 0.5) is 5.69 Å². The Morgan fingerprint density at radius 2 is 2.05 bits per heavy atom. The van der Waals surface area contributed by atoms with Crippen molar-refractivity contribution in [3.63, 3.8) is 0 Å². The van der Waals surface area contributed by atoms with Crippen molar-refractivity contribution in [2.45, 2.75) is 26.4 Å². The first-order valence-electron chi connectivity index (χ1n) is 7.18. The average molecular weight is 281 g/mol. The van der Waals surface area contributed by atoms with Crippen molar-refractivity contribution in [3.8, 4) is 5.75 Å². The Kier molecular flexibility index (Phi) is 3.52. The third-order valence-electron chi connectivity index (χ3n) is 3.74. The van der Waals surface area contributed by atoms with Crippen molar-refractivity contribution in [3.05, 3.63) is 54.4 Å². The molecule has 108 valence electrons. The topological polar surface area (TPSA) is 50.1 Å². The number of anilines is 1. The normalized spacial score (nSPS) is 12.5. The van der Waals surface area contributed by atoms with Crippen LogP contribution in [-0.2, 0) is 6.54 Å². The molecule has 1 aromatic heterocycles. The lowest BCUT2D eigenvalue weighted by Crippen LogP contribution is -2.06. The summed E-state index contributed by atoms with van der Waals surface area (Å²) < 4.78 is 1.87. The van der Waals surface area contributed by atoms with Crippen molar-refractivity contribution in [1.29, 1.82) is 0 Å². The molecular formula is C17H19N3O. The lowest BCUT2D eigenvalue weighted by Gasteiger charge is -2.16. The molecule has 0 aliphatic heterocycles. The summed E-state index contributed by atoms with van der Waals surface area (Å²) in [7, 11) is 0. The van der Waals surface area contributed by atoms with Crippen LogP contribution in [0.2, 0.25) is 0 Å². The number of fused-ring (bicyclic) bond motifs is 1. The number of aromatic nitrogens is 2. The van der Waals surface area contributed by atoms with Gasteiger partial charge in [0.25, 0.3) is 0 Å². The molecular weight excluding hydrogens is 262 g/mol. The van der Waals surface area contributed by atoms with E-state index >= 15 is 0 Å². The van der Waals surface area contributed by atoms with Crippen LogP contribution in [0, 0.1) is 0 Å². The van der Waals surface area contributed by atoms with E-state index in [-0.39, 0.29) is 6.04 Å². The van der Waals surface area contributed by atoms with Gasteiger partial charge in [-0.15, -0.1) is 0 Å². The van der Waals surface area contributed by atoms with Gasteiger partial charge >= 0.3 is 0 Å². The van der Waals surface area contributed by atoms with E-state index < -0.39 is 0 Å². The first-order valence-corrected chi connectivity index (χ1v) is 7.18. The van der Waals surface area contributed by atoms with Crippen LogP contribution in [0.25, 0.3) is 10.8 Å². The highest BCUT2D eigenvalue weighted by Crippen LogP contribution is 2.33. The second-order valence-corrected chi connectivity index (χ2v) is 5.18. The quantitative estimate of drug-likeness (QED) is 0.761. The molecule has 21 heavy (non-hydrogen) atoms. The third-order valence-corrected chi connectivity index (χ3v) is 3.74. The molecule has 2 aromatic carbocycles. The fourth-order valence-corrected chi connectivity index (χ4v) is 2.56.